The summed E-state index contributed by atoms with van der Waals surface area (Å²) in [4.78, 5) is 5.21. The van der Waals surface area contributed by atoms with Crippen molar-refractivity contribution in [3.05, 3.63) is 0 Å². The Balaban J connectivity index is 1.66. The molecule has 4 heteroatoms. The lowest BCUT2D eigenvalue weighted by Gasteiger charge is -2.47. The molecule has 0 radical (unpaired) electrons. The summed E-state index contributed by atoms with van der Waals surface area (Å²) in [6.07, 6.45) is 0. The van der Waals surface area contributed by atoms with Gasteiger partial charge in [-0.2, -0.15) is 0 Å². The van der Waals surface area contributed by atoms with Crippen LogP contribution in [0.15, 0.2) is 0 Å². The van der Waals surface area contributed by atoms with Crippen LogP contribution in [0.3, 0.4) is 0 Å². The second-order valence-corrected chi connectivity index (χ2v) is 4.96. The fourth-order valence-electron chi connectivity index (χ4n) is 2.61. The smallest absolute Gasteiger partial charge is 0.0616 e. The van der Waals surface area contributed by atoms with Crippen molar-refractivity contribution >= 4 is 0 Å². The fraction of sp³-hybridized carbons (Fsp3) is 1.00. The van der Waals surface area contributed by atoms with E-state index in [2.05, 4.69) is 22.0 Å². The molecule has 0 amide bonds. The van der Waals surface area contributed by atoms with Gasteiger partial charge in [-0.05, 0) is 13.8 Å². The summed E-state index contributed by atoms with van der Waals surface area (Å²) >= 11 is 0. The maximum atomic E-state index is 5.41. The molecule has 4 nitrogen and oxygen atoms in total. The number of rotatable bonds is 6. The number of nitrogens with one attached hydrogen (secondary N) is 1. The van der Waals surface area contributed by atoms with E-state index in [0.717, 1.165) is 19.8 Å². The molecule has 0 saturated carbocycles. The monoisotopic (exact) mass is 227 g/mol. The van der Waals surface area contributed by atoms with Crippen LogP contribution >= 0.6 is 0 Å². The van der Waals surface area contributed by atoms with E-state index >= 15 is 0 Å². The second kappa shape index (κ2) is 5.96. The number of ether oxygens (including phenoxy) is 1. The Kier molecular flexibility index (Phi) is 4.58. The third-order valence-electron chi connectivity index (χ3n) is 3.67. The SMILES string of the molecule is CCOCC(C)NCC1CN2CCN1CC2. The maximum Gasteiger partial charge on any atom is 0.0616 e. The van der Waals surface area contributed by atoms with Crippen molar-refractivity contribution < 1.29 is 4.74 Å². The normalized spacial score (nSPS) is 35.2. The summed E-state index contributed by atoms with van der Waals surface area (Å²) in [5.74, 6) is 0. The van der Waals surface area contributed by atoms with Crippen LogP contribution in [0.1, 0.15) is 13.8 Å². The average Bonchev–Trinajstić information content (AvgIpc) is 2.35. The minimum Gasteiger partial charge on any atom is -0.380 e. The van der Waals surface area contributed by atoms with Crippen LogP contribution in [0, 0.1) is 0 Å². The van der Waals surface area contributed by atoms with Crippen LogP contribution in [0.2, 0.25) is 0 Å². The van der Waals surface area contributed by atoms with Crippen molar-refractivity contribution in [2.45, 2.75) is 25.9 Å². The summed E-state index contributed by atoms with van der Waals surface area (Å²) < 4.78 is 5.41. The van der Waals surface area contributed by atoms with Gasteiger partial charge in [0.15, 0.2) is 0 Å². The first kappa shape index (κ1) is 12.3. The summed E-state index contributed by atoms with van der Waals surface area (Å²) in [5.41, 5.74) is 0. The summed E-state index contributed by atoms with van der Waals surface area (Å²) in [6.45, 7) is 13.3. The molecule has 3 heterocycles. The van der Waals surface area contributed by atoms with Gasteiger partial charge < -0.3 is 10.1 Å². The van der Waals surface area contributed by atoms with E-state index in [1.54, 1.807) is 0 Å². The van der Waals surface area contributed by atoms with Gasteiger partial charge in [-0.25, -0.2) is 0 Å². The van der Waals surface area contributed by atoms with Crippen LogP contribution in [0.25, 0.3) is 0 Å². The predicted molar refractivity (Wildman–Crippen MR) is 65.8 cm³/mol. The molecule has 2 bridgehead atoms. The Morgan fingerprint density at radius 1 is 1.31 bits per heavy atom. The molecule has 3 fully saturated rings. The summed E-state index contributed by atoms with van der Waals surface area (Å²) in [6, 6.07) is 1.18. The lowest BCUT2D eigenvalue weighted by atomic mass is 10.1. The highest BCUT2D eigenvalue weighted by Gasteiger charge is 2.31. The van der Waals surface area contributed by atoms with Gasteiger partial charge in [0.25, 0.3) is 0 Å². The molecule has 2 unspecified atom stereocenters. The van der Waals surface area contributed by atoms with Gasteiger partial charge in [0.05, 0.1) is 6.61 Å². The van der Waals surface area contributed by atoms with E-state index in [1.165, 1.54) is 32.7 Å². The Hall–Kier alpha value is -0.160. The zero-order chi connectivity index (χ0) is 11.4. The van der Waals surface area contributed by atoms with Gasteiger partial charge in [0, 0.05) is 58.0 Å². The molecule has 1 N–H and O–H groups in total. The molecular formula is C12H25N3O. The minimum atomic E-state index is 0.469. The zero-order valence-corrected chi connectivity index (χ0v) is 10.6. The molecule has 3 aliphatic heterocycles. The number of hydrogen-bond acceptors (Lipinski definition) is 4. The Labute approximate surface area is 98.9 Å². The number of nitrogens with zero attached hydrogens (tertiary/aromatic N) is 2. The first-order chi connectivity index (χ1) is 7.79. The van der Waals surface area contributed by atoms with E-state index in [4.69, 9.17) is 4.74 Å². The summed E-state index contributed by atoms with van der Waals surface area (Å²) in [7, 11) is 0. The first-order valence-corrected chi connectivity index (χ1v) is 6.57. The van der Waals surface area contributed by atoms with Crippen molar-refractivity contribution in [2.75, 3.05) is 52.5 Å². The molecule has 0 aromatic rings. The molecule has 3 aliphatic rings. The van der Waals surface area contributed by atoms with Gasteiger partial charge in [-0.3, -0.25) is 9.80 Å². The quantitative estimate of drug-likeness (QED) is 0.691. The summed E-state index contributed by atoms with van der Waals surface area (Å²) in [5, 5.41) is 3.58. The van der Waals surface area contributed by atoms with Crippen LogP contribution in [-0.4, -0.2) is 74.4 Å². The van der Waals surface area contributed by atoms with Crippen LogP contribution in [-0.2, 0) is 4.74 Å². The van der Waals surface area contributed by atoms with Gasteiger partial charge in [-0.15, -0.1) is 0 Å². The number of hydrogen-bond donors (Lipinski definition) is 1. The molecule has 16 heavy (non-hydrogen) atoms. The third kappa shape index (κ3) is 3.17. The van der Waals surface area contributed by atoms with Crippen LogP contribution in [0.4, 0.5) is 0 Å². The van der Waals surface area contributed by atoms with Gasteiger partial charge in [0.2, 0.25) is 0 Å². The molecule has 0 aliphatic carbocycles. The van der Waals surface area contributed by atoms with E-state index in [9.17, 15) is 0 Å². The van der Waals surface area contributed by atoms with Crippen molar-refractivity contribution in [1.29, 1.82) is 0 Å². The molecule has 0 aromatic carbocycles. The largest absolute Gasteiger partial charge is 0.380 e. The average molecular weight is 227 g/mol. The van der Waals surface area contributed by atoms with Gasteiger partial charge >= 0.3 is 0 Å². The molecule has 0 spiro atoms. The Morgan fingerprint density at radius 3 is 2.62 bits per heavy atom. The zero-order valence-electron chi connectivity index (χ0n) is 10.6. The van der Waals surface area contributed by atoms with Crippen molar-refractivity contribution in [1.82, 2.24) is 15.1 Å². The lowest BCUT2D eigenvalue weighted by Crippen LogP contribution is -2.63. The fourth-order valence-corrected chi connectivity index (χ4v) is 2.61. The van der Waals surface area contributed by atoms with E-state index < -0.39 is 0 Å². The molecule has 94 valence electrons. The highest BCUT2D eigenvalue weighted by molar-refractivity contribution is 4.89. The highest BCUT2D eigenvalue weighted by atomic mass is 16.5. The van der Waals surface area contributed by atoms with Crippen molar-refractivity contribution in [3.8, 4) is 0 Å². The van der Waals surface area contributed by atoms with E-state index in [0.29, 0.717) is 12.1 Å². The standard InChI is InChI=1S/C12H25N3O/c1-3-16-10-11(2)13-8-12-9-14-4-6-15(12)7-5-14/h11-13H,3-10H2,1-2H3. The topological polar surface area (TPSA) is 27.7 Å². The Bertz CT molecular complexity index is 204. The molecule has 3 saturated heterocycles. The minimum absolute atomic E-state index is 0.469. The highest BCUT2D eigenvalue weighted by Crippen LogP contribution is 2.14. The first-order valence-electron chi connectivity index (χ1n) is 6.57. The molecule has 3 rings (SSSR count). The molecule has 2 atom stereocenters. The van der Waals surface area contributed by atoms with Crippen molar-refractivity contribution in [3.63, 3.8) is 0 Å². The molecular weight excluding hydrogens is 202 g/mol. The Morgan fingerprint density at radius 2 is 2.06 bits per heavy atom. The van der Waals surface area contributed by atoms with Crippen LogP contribution < -0.4 is 5.32 Å². The lowest BCUT2D eigenvalue weighted by molar-refractivity contribution is 0.0113. The molecule has 0 aromatic heterocycles. The third-order valence-corrected chi connectivity index (χ3v) is 3.67. The van der Waals surface area contributed by atoms with Crippen molar-refractivity contribution in [2.24, 2.45) is 0 Å². The van der Waals surface area contributed by atoms with Gasteiger partial charge in [-0.1, -0.05) is 0 Å². The van der Waals surface area contributed by atoms with Crippen LogP contribution in [0.5, 0.6) is 0 Å². The second-order valence-electron chi connectivity index (χ2n) is 4.96. The maximum absolute atomic E-state index is 5.41. The number of piperazine rings is 3. The van der Waals surface area contributed by atoms with Gasteiger partial charge in [0.1, 0.15) is 0 Å². The number of fused-ring (bicyclic) bond motifs is 3. The van der Waals surface area contributed by atoms with E-state index in [-0.39, 0.29) is 0 Å². The van der Waals surface area contributed by atoms with E-state index in [1.807, 2.05) is 6.92 Å². The predicted octanol–water partition coefficient (Wildman–Crippen LogP) is 0.000800.